The van der Waals surface area contributed by atoms with Crippen LogP contribution in [0.1, 0.15) is 75.0 Å². The number of hydrogen-bond donors (Lipinski definition) is 0. The summed E-state index contributed by atoms with van der Waals surface area (Å²) in [5, 5.41) is 0. The average molecular weight is 397 g/mol. The molecule has 3 rings (SSSR count). The van der Waals surface area contributed by atoms with Crippen LogP contribution in [0.4, 0.5) is 0 Å². The fourth-order valence-corrected chi connectivity index (χ4v) is 4.68. The molecule has 2 aromatic carbocycles. The first kappa shape index (κ1) is 21.5. The lowest BCUT2D eigenvalue weighted by Gasteiger charge is -2.21. The van der Waals surface area contributed by atoms with E-state index < -0.39 is 0 Å². The number of unbranched alkanes of at least 4 members (excludes halogenated alkanes) is 7. The molecule has 2 aromatic rings. The Morgan fingerprint density at radius 1 is 0.724 bits per heavy atom. The van der Waals surface area contributed by atoms with Crippen LogP contribution in [0.5, 0.6) is 17.2 Å². The second-order valence-electron chi connectivity index (χ2n) is 7.99. The minimum Gasteiger partial charge on any atom is -0.492 e. The van der Waals surface area contributed by atoms with E-state index in [0.29, 0.717) is 0 Å². The summed E-state index contributed by atoms with van der Waals surface area (Å²) in [7, 11) is 5.16. The number of hydrogen-bond acceptors (Lipinski definition) is 3. The molecule has 3 nitrogen and oxygen atoms in total. The quantitative estimate of drug-likeness (QED) is 0.309. The summed E-state index contributed by atoms with van der Waals surface area (Å²) < 4.78 is 17.4. The smallest absolute Gasteiger partial charge is 0.203 e. The summed E-state index contributed by atoms with van der Waals surface area (Å²) in [6.45, 7) is 2.27. The van der Waals surface area contributed by atoms with Crippen molar-refractivity contribution in [1.82, 2.24) is 0 Å². The van der Waals surface area contributed by atoms with Crippen LogP contribution in [0.25, 0.3) is 11.1 Å². The molecule has 0 heterocycles. The van der Waals surface area contributed by atoms with E-state index in [1.807, 2.05) is 0 Å². The van der Waals surface area contributed by atoms with Crippen LogP contribution < -0.4 is 14.2 Å². The molecule has 158 valence electrons. The van der Waals surface area contributed by atoms with Crippen LogP contribution in [0.15, 0.2) is 24.3 Å². The Morgan fingerprint density at radius 2 is 1.34 bits per heavy atom. The second-order valence-corrected chi connectivity index (χ2v) is 7.99. The van der Waals surface area contributed by atoms with Crippen molar-refractivity contribution in [3.05, 3.63) is 41.0 Å². The molecule has 0 aromatic heterocycles. The molecule has 0 fully saturated rings. The largest absolute Gasteiger partial charge is 0.492 e. The molecule has 0 N–H and O–H groups in total. The number of methoxy groups -OCH3 is 3. The molecule has 0 amide bonds. The van der Waals surface area contributed by atoms with Crippen molar-refractivity contribution in [2.24, 2.45) is 0 Å². The molecule has 29 heavy (non-hydrogen) atoms. The Hall–Kier alpha value is -2.16. The van der Waals surface area contributed by atoms with E-state index >= 15 is 0 Å². The van der Waals surface area contributed by atoms with Gasteiger partial charge in [-0.1, -0.05) is 76.1 Å². The monoisotopic (exact) mass is 396 g/mol. The van der Waals surface area contributed by atoms with Crippen molar-refractivity contribution in [1.29, 1.82) is 0 Å². The second kappa shape index (κ2) is 10.6. The van der Waals surface area contributed by atoms with E-state index in [1.165, 1.54) is 79.2 Å². The average Bonchev–Trinajstić information content (AvgIpc) is 3.13. The molecule has 3 heteroatoms. The number of ether oxygens (including phenoxy) is 3. The lowest BCUT2D eigenvalue weighted by Crippen LogP contribution is -2.04. The highest BCUT2D eigenvalue weighted by Gasteiger charge is 2.31. The predicted molar refractivity (Wildman–Crippen MR) is 121 cm³/mol. The standard InChI is InChI=1S/C26H36O3/c1-5-6-7-8-9-10-11-12-17-21-23-20-16-14-13-15-19(20)18-22(23)25(28-3)26(29-4)24(21)27-2/h13-16H,5-12,17-18H2,1-4H3. The third-order valence-corrected chi connectivity index (χ3v) is 6.11. The number of rotatable bonds is 12. The Kier molecular flexibility index (Phi) is 7.85. The van der Waals surface area contributed by atoms with Crippen molar-refractivity contribution < 1.29 is 14.2 Å². The van der Waals surface area contributed by atoms with E-state index in [0.717, 1.165) is 30.1 Å². The number of fused-ring (bicyclic) bond motifs is 3. The Balaban J connectivity index is 1.84. The van der Waals surface area contributed by atoms with Crippen molar-refractivity contribution in [2.45, 2.75) is 71.1 Å². The first-order chi connectivity index (χ1) is 14.3. The summed E-state index contributed by atoms with van der Waals surface area (Å²) in [5.41, 5.74) is 6.49. The highest BCUT2D eigenvalue weighted by Crippen LogP contribution is 2.53. The van der Waals surface area contributed by atoms with Gasteiger partial charge in [-0.2, -0.15) is 0 Å². The maximum atomic E-state index is 5.87. The molecule has 0 saturated heterocycles. The van der Waals surface area contributed by atoms with Gasteiger partial charge in [0.15, 0.2) is 11.5 Å². The van der Waals surface area contributed by atoms with E-state index in [1.54, 1.807) is 21.3 Å². The van der Waals surface area contributed by atoms with Crippen molar-refractivity contribution in [3.63, 3.8) is 0 Å². The zero-order valence-corrected chi connectivity index (χ0v) is 18.6. The maximum absolute atomic E-state index is 5.87. The highest BCUT2D eigenvalue weighted by molar-refractivity contribution is 5.86. The summed E-state index contributed by atoms with van der Waals surface area (Å²) in [4.78, 5) is 0. The highest BCUT2D eigenvalue weighted by atomic mass is 16.5. The van der Waals surface area contributed by atoms with Gasteiger partial charge in [0.2, 0.25) is 5.75 Å². The van der Waals surface area contributed by atoms with Crippen molar-refractivity contribution in [3.8, 4) is 28.4 Å². The normalized spacial score (nSPS) is 11.9. The summed E-state index contributed by atoms with van der Waals surface area (Å²) >= 11 is 0. The van der Waals surface area contributed by atoms with E-state index in [9.17, 15) is 0 Å². The van der Waals surface area contributed by atoms with E-state index in [-0.39, 0.29) is 0 Å². The number of benzene rings is 2. The van der Waals surface area contributed by atoms with Gasteiger partial charge in [0.1, 0.15) is 0 Å². The Labute approximate surface area is 176 Å². The molecule has 0 aliphatic heterocycles. The molecule has 0 radical (unpaired) electrons. The fraction of sp³-hybridized carbons (Fsp3) is 0.538. The van der Waals surface area contributed by atoms with Gasteiger partial charge in [-0.05, 0) is 29.5 Å². The summed E-state index contributed by atoms with van der Waals surface area (Å²) in [5.74, 6) is 2.38. The van der Waals surface area contributed by atoms with Crippen LogP contribution >= 0.6 is 0 Å². The molecular formula is C26H36O3. The van der Waals surface area contributed by atoms with Gasteiger partial charge in [0.25, 0.3) is 0 Å². The molecular weight excluding hydrogens is 360 g/mol. The molecule has 0 atom stereocenters. The minimum atomic E-state index is 0.733. The van der Waals surface area contributed by atoms with Gasteiger partial charge in [-0.25, -0.2) is 0 Å². The lowest BCUT2D eigenvalue weighted by atomic mass is 9.93. The zero-order chi connectivity index (χ0) is 20.6. The van der Waals surface area contributed by atoms with E-state index in [2.05, 4.69) is 31.2 Å². The first-order valence-corrected chi connectivity index (χ1v) is 11.2. The van der Waals surface area contributed by atoms with Gasteiger partial charge >= 0.3 is 0 Å². The predicted octanol–water partition coefficient (Wildman–Crippen LogP) is 6.97. The summed E-state index contributed by atoms with van der Waals surface area (Å²) in [6, 6.07) is 8.68. The Morgan fingerprint density at radius 3 is 2.00 bits per heavy atom. The van der Waals surface area contributed by atoms with Gasteiger partial charge in [0.05, 0.1) is 21.3 Å². The maximum Gasteiger partial charge on any atom is 0.203 e. The molecule has 0 bridgehead atoms. The van der Waals surface area contributed by atoms with Gasteiger partial charge in [-0.15, -0.1) is 0 Å². The topological polar surface area (TPSA) is 27.7 Å². The molecule has 1 aliphatic rings. The molecule has 0 unspecified atom stereocenters. The Bertz CT molecular complexity index is 810. The van der Waals surface area contributed by atoms with Gasteiger partial charge in [0, 0.05) is 17.5 Å². The van der Waals surface area contributed by atoms with Crippen molar-refractivity contribution in [2.75, 3.05) is 21.3 Å². The van der Waals surface area contributed by atoms with Crippen molar-refractivity contribution >= 4 is 0 Å². The SMILES string of the molecule is CCCCCCCCCCc1c(OC)c(OC)c(OC)c2c1-c1ccccc1C2. The van der Waals surface area contributed by atoms with E-state index in [4.69, 9.17) is 14.2 Å². The third-order valence-electron chi connectivity index (χ3n) is 6.11. The fourth-order valence-electron chi connectivity index (χ4n) is 4.68. The lowest BCUT2D eigenvalue weighted by molar-refractivity contribution is 0.320. The minimum absolute atomic E-state index is 0.733. The summed E-state index contributed by atoms with van der Waals surface area (Å²) in [6.07, 6.45) is 12.4. The van der Waals surface area contributed by atoms with Crippen LogP contribution in [-0.2, 0) is 12.8 Å². The molecule has 0 saturated carbocycles. The molecule has 1 aliphatic carbocycles. The first-order valence-electron chi connectivity index (χ1n) is 11.2. The van der Waals surface area contributed by atoms with Crippen LogP contribution in [-0.4, -0.2) is 21.3 Å². The van der Waals surface area contributed by atoms with Gasteiger partial charge < -0.3 is 14.2 Å². The van der Waals surface area contributed by atoms with Crippen LogP contribution in [0, 0.1) is 0 Å². The molecule has 0 spiro atoms. The van der Waals surface area contributed by atoms with Crippen LogP contribution in [0.2, 0.25) is 0 Å². The van der Waals surface area contributed by atoms with Crippen LogP contribution in [0.3, 0.4) is 0 Å². The third kappa shape index (κ3) is 4.55. The zero-order valence-electron chi connectivity index (χ0n) is 18.6. The van der Waals surface area contributed by atoms with Gasteiger partial charge in [-0.3, -0.25) is 0 Å².